The van der Waals surface area contributed by atoms with E-state index < -0.39 is 24.1 Å². The van der Waals surface area contributed by atoms with Crippen LogP contribution in [0.3, 0.4) is 0 Å². The van der Waals surface area contributed by atoms with Gasteiger partial charge >= 0.3 is 5.69 Å². The van der Waals surface area contributed by atoms with Crippen molar-refractivity contribution in [3.8, 4) is 0 Å². The largest absolute Gasteiger partial charge is 0.332 e. The highest BCUT2D eigenvalue weighted by Crippen LogP contribution is 2.19. The standard InChI is InChI=1S/C13H18F2N4O2/c1-13(14,15)6-4-5-7-19-11(20)9-10(16-8-17(9)2)18(3)12(19)21/h8H,4-7H2,1-3H3/i3D3. The van der Waals surface area contributed by atoms with Crippen LogP contribution in [0.25, 0.3) is 11.2 Å². The van der Waals surface area contributed by atoms with E-state index in [1.165, 1.54) is 17.9 Å². The van der Waals surface area contributed by atoms with Crippen LogP contribution in [0, 0.1) is 0 Å². The third-order valence-corrected chi connectivity index (χ3v) is 3.25. The number of rotatable bonds is 5. The quantitative estimate of drug-likeness (QED) is 0.781. The second-order valence-corrected chi connectivity index (χ2v) is 5.13. The Kier molecular flexibility index (Phi) is 3.01. The minimum absolute atomic E-state index is 0.0217. The number of nitrogens with zero attached hydrogens (tertiary/aromatic N) is 4. The number of halogens is 2. The van der Waals surface area contributed by atoms with E-state index in [9.17, 15) is 18.4 Å². The highest BCUT2D eigenvalue weighted by molar-refractivity contribution is 5.69. The van der Waals surface area contributed by atoms with Crippen LogP contribution < -0.4 is 11.2 Å². The Bertz CT molecular complexity index is 861. The van der Waals surface area contributed by atoms with E-state index in [0.717, 1.165) is 11.5 Å². The van der Waals surface area contributed by atoms with Gasteiger partial charge in [-0.05, 0) is 19.8 Å². The number of unbranched alkanes of at least 4 members (excludes halogenated alkanes) is 1. The molecule has 8 heteroatoms. The average molecular weight is 303 g/mol. The molecule has 0 atom stereocenters. The number of fused-ring (bicyclic) bond motifs is 1. The van der Waals surface area contributed by atoms with Gasteiger partial charge in [0.05, 0.1) is 6.33 Å². The topological polar surface area (TPSA) is 61.8 Å². The first kappa shape index (κ1) is 11.6. The molecule has 2 aromatic heterocycles. The Labute approximate surface area is 123 Å². The summed E-state index contributed by atoms with van der Waals surface area (Å²) >= 11 is 0. The smallest absolute Gasteiger partial charge is 0.328 e. The summed E-state index contributed by atoms with van der Waals surface area (Å²) in [6.07, 6.45) is 1.13. The van der Waals surface area contributed by atoms with E-state index in [0.29, 0.717) is 4.57 Å². The van der Waals surface area contributed by atoms with Crippen molar-refractivity contribution in [1.29, 1.82) is 0 Å². The zero-order chi connectivity index (χ0) is 18.3. The van der Waals surface area contributed by atoms with Gasteiger partial charge in [-0.15, -0.1) is 0 Å². The molecule has 0 aliphatic rings. The fraction of sp³-hybridized carbons (Fsp3) is 0.615. The van der Waals surface area contributed by atoms with E-state index in [1.54, 1.807) is 0 Å². The number of hydrogen-bond donors (Lipinski definition) is 0. The van der Waals surface area contributed by atoms with Gasteiger partial charge in [-0.2, -0.15) is 0 Å². The van der Waals surface area contributed by atoms with Gasteiger partial charge in [-0.25, -0.2) is 18.6 Å². The number of aromatic nitrogens is 4. The van der Waals surface area contributed by atoms with Crippen molar-refractivity contribution in [3.63, 3.8) is 0 Å². The monoisotopic (exact) mass is 303 g/mol. The fourth-order valence-electron chi connectivity index (χ4n) is 2.16. The lowest BCUT2D eigenvalue weighted by molar-refractivity contribution is 0.0102. The van der Waals surface area contributed by atoms with Gasteiger partial charge in [0, 0.05) is 31.1 Å². The molecule has 0 aromatic carbocycles. The molecule has 0 bridgehead atoms. The van der Waals surface area contributed by atoms with Crippen molar-refractivity contribution in [2.24, 2.45) is 14.0 Å². The number of hydrogen-bond acceptors (Lipinski definition) is 3. The molecule has 2 rings (SSSR count). The van der Waals surface area contributed by atoms with Gasteiger partial charge < -0.3 is 4.57 Å². The van der Waals surface area contributed by atoms with Crippen molar-refractivity contribution >= 4 is 11.2 Å². The average Bonchev–Trinajstić information content (AvgIpc) is 2.76. The molecule has 116 valence electrons. The van der Waals surface area contributed by atoms with Crippen molar-refractivity contribution in [2.45, 2.75) is 38.7 Å². The maximum Gasteiger partial charge on any atom is 0.332 e. The molecule has 0 unspecified atom stereocenters. The van der Waals surface area contributed by atoms with Crippen LogP contribution in [-0.2, 0) is 20.6 Å². The van der Waals surface area contributed by atoms with Gasteiger partial charge in [0.25, 0.3) is 5.56 Å². The van der Waals surface area contributed by atoms with Gasteiger partial charge in [0.1, 0.15) is 0 Å². The van der Waals surface area contributed by atoms with Crippen LogP contribution in [0.1, 0.15) is 30.3 Å². The fourth-order valence-corrected chi connectivity index (χ4v) is 2.16. The van der Waals surface area contributed by atoms with E-state index in [2.05, 4.69) is 4.98 Å². The van der Waals surface area contributed by atoms with Crippen molar-refractivity contribution in [1.82, 2.24) is 18.7 Å². The van der Waals surface area contributed by atoms with Crippen LogP contribution in [0.4, 0.5) is 8.78 Å². The maximum absolute atomic E-state index is 12.8. The first-order chi connectivity index (χ1) is 10.9. The van der Waals surface area contributed by atoms with E-state index >= 15 is 0 Å². The van der Waals surface area contributed by atoms with Gasteiger partial charge in [0.2, 0.25) is 5.92 Å². The Morgan fingerprint density at radius 1 is 1.38 bits per heavy atom. The first-order valence-electron chi connectivity index (χ1n) is 7.98. The zero-order valence-electron chi connectivity index (χ0n) is 14.8. The molecule has 21 heavy (non-hydrogen) atoms. The lowest BCUT2D eigenvalue weighted by atomic mass is 10.1. The normalized spacial score (nSPS) is 15.0. The third kappa shape index (κ3) is 3.03. The minimum atomic E-state index is -2.82. The third-order valence-electron chi connectivity index (χ3n) is 3.25. The molecule has 0 fully saturated rings. The molecule has 0 saturated heterocycles. The molecule has 2 heterocycles. The van der Waals surface area contributed by atoms with Gasteiger partial charge in [-0.3, -0.25) is 13.9 Å². The number of alkyl halides is 2. The predicted octanol–water partition coefficient (Wildman–Crippen LogP) is 1.26. The Hall–Kier alpha value is -1.99. The molecule has 0 N–H and O–H groups in total. The van der Waals surface area contributed by atoms with Crippen LogP contribution in [0.5, 0.6) is 0 Å². The maximum atomic E-state index is 12.8. The summed E-state index contributed by atoms with van der Waals surface area (Å²) in [6.45, 7) is -2.15. The van der Waals surface area contributed by atoms with Crippen LogP contribution in [0.15, 0.2) is 15.9 Å². The molecule has 0 saturated carbocycles. The number of imidazole rings is 1. The lowest BCUT2D eigenvalue weighted by Crippen LogP contribution is -2.39. The van der Waals surface area contributed by atoms with Gasteiger partial charge in [0.15, 0.2) is 11.2 Å². The van der Waals surface area contributed by atoms with E-state index in [1.807, 2.05) is 0 Å². The van der Waals surface area contributed by atoms with E-state index in [-0.39, 0.29) is 37.0 Å². The van der Waals surface area contributed by atoms with Crippen molar-refractivity contribution < 1.29 is 12.9 Å². The molecule has 0 aliphatic carbocycles. The summed E-state index contributed by atoms with van der Waals surface area (Å²) in [4.78, 5) is 28.7. The molecule has 2 aromatic rings. The SMILES string of the molecule is [2H]C([2H])([2H])n1c(=O)n(CCCCC(C)(F)F)c(=O)c2c1ncn2C. The molecule has 6 nitrogen and oxygen atoms in total. The number of aryl methyl sites for hydroxylation is 2. The summed E-state index contributed by atoms with van der Waals surface area (Å²) in [5.74, 6) is -2.82. The Morgan fingerprint density at radius 2 is 2.10 bits per heavy atom. The molecular weight excluding hydrogens is 282 g/mol. The highest BCUT2D eigenvalue weighted by atomic mass is 19.3. The summed E-state index contributed by atoms with van der Waals surface area (Å²) < 4.78 is 50.7. The van der Waals surface area contributed by atoms with Crippen LogP contribution in [-0.4, -0.2) is 24.6 Å². The van der Waals surface area contributed by atoms with Crippen LogP contribution in [0.2, 0.25) is 0 Å². The Balaban J connectivity index is 2.49. The second kappa shape index (κ2) is 5.42. The molecule has 0 aliphatic heterocycles. The summed E-state index contributed by atoms with van der Waals surface area (Å²) in [5, 5.41) is 0. The molecule has 0 amide bonds. The first-order valence-corrected chi connectivity index (χ1v) is 6.48. The van der Waals surface area contributed by atoms with Crippen LogP contribution >= 0.6 is 0 Å². The zero-order valence-corrected chi connectivity index (χ0v) is 11.8. The second-order valence-electron chi connectivity index (χ2n) is 5.13. The highest BCUT2D eigenvalue weighted by Gasteiger charge is 2.20. The molecule has 0 spiro atoms. The predicted molar refractivity (Wildman–Crippen MR) is 74.7 cm³/mol. The summed E-state index contributed by atoms with van der Waals surface area (Å²) in [6, 6.07) is 0. The molecule has 0 radical (unpaired) electrons. The van der Waals surface area contributed by atoms with Crippen molar-refractivity contribution in [2.75, 3.05) is 0 Å². The minimum Gasteiger partial charge on any atom is -0.328 e. The van der Waals surface area contributed by atoms with Crippen molar-refractivity contribution in [3.05, 3.63) is 27.2 Å². The summed E-state index contributed by atoms with van der Waals surface area (Å²) in [5.41, 5.74) is -1.94. The van der Waals surface area contributed by atoms with Gasteiger partial charge in [-0.1, -0.05) is 0 Å². The Morgan fingerprint density at radius 3 is 2.71 bits per heavy atom. The van der Waals surface area contributed by atoms with E-state index in [4.69, 9.17) is 4.11 Å². The lowest BCUT2D eigenvalue weighted by Gasteiger charge is -2.11. The molecular formula is C13H18F2N4O2. The summed E-state index contributed by atoms with van der Waals surface area (Å²) in [7, 11) is 1.51.